The summed E-state index contributed by atoms with van der Waals surface area (Å²) in [5.74, 6) is -0.00684. The molecule has 1 atom stereocenters. The molecule has 0 aliphatic carbocycles. The summed E-state index contributed by atoms with van der Waals surface area (Å²) in [7, 11) is 0. The van der Waals surface area contributed by atoms with E-state index in [1.807, 2.05) is 32.0 Å². The maximum atomic E-state index is 11.7. The molecule has 0 radical (unpaired) electrons. The summed E-state index contributed by atoms with van der Waals surface area (Å²) >= 11 is 0. The lowest BCUT2D eigenvalue weighted by Gasteiger charge is -2.32. The van der Waals surface area contributed by atoms with Crippen LogP contribution < -0.4 is 4.90 Å². The second-order valence-corrected chi connectivity index (χ2v) is 4.46. The summed E-state index contributed by atoms with van der Waals surface area (Å²) in [6.07, 6.45) is -0.330. The Labute approximate surface area is 101 Å². The quantitative estimate of drug-likeness (QED) is 0.851. The zero-order valence-electron chi connectivity index (χ0n) is 10.1. The van der Waals surface area contributed by atoms with E-state index in [-0.39, 0.29) is 18.6 Å². The van der Waals surface area contributed by atoms with Gasteiger partial charge in [-0.05, 0) is 31.0 Å². The summed E-state index contributed by atoms with van der Waals surface area (Å²) in [4.78, 5) is 13.3. The lowest BCUT2D eigenvalue weighted by molar-refractivity contribution is 0.0899. The van der Waals surface area contributed by atoms with Gasteiger partial charge in [-0.3, -0.25) is 4.90 Å². The Kier molecular flexibility index (Phi) is 3.33. The molecular formula is C13H17NO3. The molecule has 0 spiro atoms. The van der Waals surface area contributed by atoms with Crippen LogP contribution in [0.4, 0.5) is 10.5 Å². The molecule has 1 aromatic rings. The molecule has 1 aliphatic rings. The summed E-state index contributed by atoms with van der Waals surface area (Å²) in [5.41, 5.74) is 3.08. The molecule has 4 nitrogen and oxygen atoms in total. The number of hydrogen-bond donors (Lipinski definition) is 1. The van der Waals surface area contributed by atoms with Crippen LogP contribution in [-0.4, -0.2) is 31.0 Å². The molecule has 1 amide bonds. The molecule has 1 heterocycles. The number of cyclic esters (lactones) is 1. The first-order valence-corrected chi connectivity index (χ1v) is 5.75. The van der Waals surface area contributed by atoms with Crippen LogP contribution in [0.5, 0.6) is 0 Å². The smallest absolute Gasteiger partial charge is 0.414 e. The summed E-state index contributed by atoms with van der Waals surface area (Å²) in [5, 5.41) is 9.15. The summed E-state index contributed by atoms with van der Waals surface area (Å²) in [6, 6.07) is 5.84. The van der Waals surface area contributed by atoms with Crippen LogP contribution in [0.1, 0.15) is 11.1 Å². The van der Waals surface area contributed by atoms with Crippen molar-refractivity contribution in [3.05, 3.63) is 29.3 Å². The summed E-state index contributed by atoms with van der Waals surface area (Å²) < 4.78 is 5.07. The number of carbonyl (C=O) groups excluding carboxylic acids is 1. The van der Waals surface area contributed by atoms with Gasteiger partial charge in [0.2, 0.25) is 0 Å². The first-order chi connectivity index (χ1) is 8.13. The first kappa shape index (κ1) is 11.9. The highest BCUT2D eigenvalue weighted by molar-refractivity contribution is 5.89. The molecule has 0 aromatic heterocycles. The standard InChI is InChI=1S/C13H17NO3/c1-9-4-3-5-12(10(9)2)14-6-11(7-15)8-17-13(14)16/h3-5,11,15H,6-8H2,1-2H3. The van der Waals surface area contributed by atoms with Crippen molar-refractivity contribution in [3.63, 3.8) is 0 Å². The number of aryl methyl sites for hydroxylation is 1. The Morgan fingerprint density at radius 3 is 2.94 bits per heavy atom. The minimum absolute atomic E-state index is 0.00684. The van der Waals surface area contributed by atoms with Gasteiger partial charge in [-0.25, -0.2) is 4.79 Å². The fraction of sp³-hybridized carbons (Fsp3) is 0.462. The topological polar surface area (TPSA) is 49.8 Å². The molecule has 1 N–H and O–H groups in total. The number of anilines is 1. The fourth-order valence-electron chi connectivity index (χ4n) is 1.99. The van der Waals surface area contributed by atoms with E-state index in [1.165, 1.54) is 0 Å². The van der Waals surface area contributed by atoms with Gasteiger partial charge in [0, 0.05) is 12.5 Å². The number of carbonyl (C=O) groups is 1. The Morgan fingerprint density at radius 1 is 1.47 bits per heavy atom. The molecule has 17 heavy (non-hydrogen) atoms. The average molecular weight is 235 g/mol. The molecule has 2 rings (SSSR count). The van der Waals surface area contributed by atoms with Crippen LogP contribution in [-0.2, 0) is 4.74 Å². The van der Waals surface area contributed by atoms with Crippen molar-refractivity contribution in [2.45, 2.75) is 13.8 Å². The first-order valence-electron chi connectivity index (χ1n) is 5.75. The fourth-order valence-corrected chi connectivity index (χ4v) is 1.99. The van der Waals surface area contributed by atoms with Crippen molar-refractivity contribution in [2.75, 3.05) is 24.7 Å². The highest BCUT2D eigenvalue weighted by Crippen LogP contribution is 2.26. The SMILES string of the molecule is Cc1cccc(N2CC(CO)COC2=O)c1C. The van der Waals surface area contributed by atoms with E-state index in [2.05, 4.69) is 0 Å². The molecule has 0 saturated carbocycles. The van der Waals surface area contributed by atoms with E-state index in [0.29, 0.717) is 13.2 Å². The predicted octanol–water partition coefficient (Wildman–Crippen LogP) is 1.87. The molecule has 92 valence electrons. The number of rotatable bonds is 2. The van der Waals surface area contributed by atoms with E-state index < -0.39 is 0 Å². The van der Waals surface area contributed by atoms with Gasteiger partial charge in [0.1, 0.15) is 0 Å². The third-order valence-electron chi connectivity index (χ3n) is 3.23. The van der Waals surface area contributed by atoms with Crippen LogP contribution in [0.2, 0.25) is 0 Å². The Hall–Kier alpha value is -1.55. The van der Waals surface area contributed by atoms with Crippen LogP contribution >= 0.6 is 0 Å². The monoisotopic (exact) mass is 235 g/mol. The summed E-state index contributed by atoms with van der Waals surface area (Å²) in [6.45, 7) is 4.85. The lowest BCUT2D eigenvalue weighted by Crippen LogP contribution is -2.44. The zero-order chi connectivity index (χ0) is 12.4. The van der Waals surface area contributed by atoms with Gasteiger partial charge in [0.05, 0.1) is 18.9 Å². The third kappa shape index (κ3) is 2.26. The van der Waals surface area contributed by atoms with Crippen molar-refractivity contribution >= 4 is 11.8 Å². The highest BCUT2D eigenvalue weighted by atomic mass is 16.6. The van der Waals surface area contributed by atoms with E-state index in [0.717, 1.165) is 16.8 Å². The maximum Gasteiger partial charge on any atom is 0.414 e. The second kappa shape index (κ2) is 4.75. The molecule has 1 saturated heterocycles. The van der Waals surface area contributed by atoms with E-state index in [1.54, 1.807) is 4.90 Å². The molecule has 1 fully saturated rings. The van der Waals surface area contributed by atoms with Gasteiger partial charge in [-0.1, -0.05) is 12.1 Å². The van der Waals surface area contributed by atoms with E-state index in [9.17, 15) is 4.79 Å². The molecule has 4 heteroatoms. The zero-order valence-corrected chi connectivity index (χ0v) is 10.1. The molecule has 1 aromatic carbocycles. The molecule has 1 aliphatic heterocycles. The van der Waals surface area contributed by atoms with Gasteiger partial charge in [-0.15, -0.1) is 0 Å². The number of nitrogens with zero attached hydrogens (tertiary/aromatic N) is 1. The molecule has 1 unspecified atom stereocenters. The van der Waals surface area contributed by atoms with Gasteiger partial charge < -0.3 is 9.84 Å². The van der Waals surface area contributed by atoms with Crippen molar-refractivity contribution in [3.8, 4) is 0 Å². The Bertz CT molecular complexity index is 431. The number of ether oxygens (including phenoxy) is 1. The van der Waals surface area contributed by atoms with Gasteiger partial charge in [0.15, 0.2) is 0 Å². The van der Waals surface area contributed by atoms with E-state index >= 15 is 0 Å². The van der Waals surface area contributed by atoms with Crippen molar-refractivity contribution < 1.29 is 14.6 Å². The highest BCUT2D eigenvalue weighted by Gasteiger charge is 2.28. The van der Waals surface area contributed by atoms with Gasteiger partial charge >= 0.3 is 6.09 Å². The number of amides is 1. The Balaban J connectivity index is 2.31. The second-order valence-electron chi connectivity index (χ2n) is 4.46. The Morgan fingerprint density at radius 2 is 2.24 bits per heavy atom. The molecule has 0 bridgehead atoms. The number of hydrogen-bond acceptors (Lipinski definition) is 3. The van der Waals surface area contributed by atoms with Crippen molar-refractivity contribution in [1.82, 2.24) is 0 Å². The third-order valence-corrected chi connectivity index (χ3v) is 3.23. The lowest BCUT2D eigenvalue weighted by atomic mass is 10.1. The molecular weight excluding hydrogens is 218 g/mol. The largest absolute Gasteiger partial charge is 0.449 e. The minimum atomic E-state index is -0.330. The van der Waals surface area contributed by atoms with Gasteiger partial charge in [-0.2, -0.15) is 0 Å². The normalized spacial score (nSPS) is 20.3. The average Bonchev–Trinajstić information content (AvgIpc) is 2.34. The van der Waals surface area contributed by atoms with Crippen LogP contribution in [0.25, 0.3) is 0 Å². The van der Waals surface area contributed by atoms with Crippen molar-refractivity contribution in [1.29, 1.82) is 0 Å². The van der Waals surface area contributed by atoms with Crippen LogP contribution in [0, 0.1) is 19.8 Å². The van der Waals surface area contributed by atoms with Gasteiger partial charge in [0.25, 0.3) is 0 Å². The number of benzene rings is 1. The van der Waals surface area contributed by atoms with E-state index in [4.69, 9.17) is 9.84 Å². The minimum Gasteiger partial charge on any atom is -0.449 e. The number of aliphatic hydroxyl groups is 1. The van der Waals surface area contributed by atoms with Crippen LogP contribution in [0.3, 0.4) is 0 Å². The van der Waals surface area contributed by atoms with Crippen molar-refractivity contribution in [2.24, 2.45) is 5.92 Å². The van der Waals surface area contributed by atoms with Crippen LogP contribution in [0.15, 0.2) is 18.2 Å². The maximum absolute atomic E-state index is 11.7. The number of aliphatic hydroxyl groups excluding tert-OH is 1. The predicted molar refractivity (Wildman–Crippen MR) is 65.2 cm³/mol.